The second kappa shape index (κ2) is 4.75. The van der Waals surface area contributed by atoms with Crippen LogP contribution in [0.2, 0.25) is 0 Å². The van der Waals surface area contributed by atoms with E-state index in [0.29, 0.717) is 0 Å². The summed E-state index contributed by atoms with van der Waals surface area (Å²) in [4.78, 5) is 0. The molecule has 3 nitrogen and oxygen atoms in total. The molecule has 1 heterocycles. The van der Waals surface area contributed by atoms with E-state index in [2.05, 4.69) is 39.8 Å². The first kappa shape index (κ1) is 14.4. The van der Waals surface area contributed by atoms with Crippen molar-refractivity contribution in [2.24, 2.45) is 0 Å². The van der Waals surface area contributed by atoms with Crippen molar-refractivity contribution in [3.63, 3.8) is 0 Å². The number of hydrogen-bond acceptors (Lipinski definition) is 3. The molecule has 0 radical (unpaired) electrons. The zero-order valence-corrected chi connectivity index (χ0v) is 13.3. The third kappa shape index (κ3) is 2.23. The van der Waals surface area contributed by atoms with E-state index in [1.165, 1.54) is 0 Å². The van der Waals surface area contributed by atoms with Crippen molar-refractivity contribution in [1.29, 1.82) is 0 Å². The van der Waals surface area contributed by atoms with Crippen LogP contribution in [0.3, 0.4) is 0 Å². The number of ether oxygens (including phenoxy) is 1. The lowest BCUT2D eigenvalue weighted by Gasteiger charge is -2.32. The van der Waals surface area contributed by atoms with Gasteiger partial charge in [0.2, 0.25) is 0 Å². The third-order valence-corrected chi connectivity index (χ3v) is 4.63. The first-order valence-corrected chi connectivity index (χ1v) is 7.27. The molecule has 21 heavy (non-hydrogen) atoms. The fourth-order valence-corrected chi connectivity index (χ4v) is 2.67. The predicted molar refractivity (Wildman–Crippen MR) is 86.2 cm³/mol. The first-order chi connectivity index (χ1) is 9.86. The fraction of sp³-hybridized carbons (Fsp3) is 0.412. The lowest BCUT2D eigenvalue weighted by atomic mass is 9.76. The van der Waals surface area contributed by atoms with Gasteiger partial charge in [0.05, 0.1) is 18.3 Å². The zero-order valence-electron chi connectivity index (χ0n) is 13.3. The highest BCUT2D eigenvalue weighted by Gasteiger charge is 2.52. The largest absolute Gasteiger partial charge is 0.496 e. The van der Waals surface area contributed by atoms with Crippen LogP contribution in [0.1, 0.15) is 27.7 Å². The standard InChI is InChI=1S/C17H21BO3/c1-16(2)17(3,4)21-18(20-16)13-10-6-8-12-9-7-11-14(19-5)15(12)13/h6-11H,1-5H3. The molecule has 0 unspecified atom stereocenters. The molecule has 0 saturated carbocycles. The average molecular weight is 284 g/mol. The van der Waals surface area contributed by atoms with Gasteiger partial charge in [0.1, 0.15) is 5.75 Å². The molecule has 2 aromatic carbocycles. The van der Waals surface area contributed by atoms with E-state index in [-0.39, 0.29) is 18.3 Å². The number of fused-ring (bicyclic) bond motifs is 1. The number of hydrogen-bond donors (Lipinski definition) is 0. The van der Waals surface area contributed by atoms with E-state index in [1.807, 2.05) is 24.3 Å². The van der Waals surface area contributed by atoms with Gasteiger partial charge in [-0.3, -0.25) is 0 Å². The highest BCUT2D eigenvalue weighted by Crippen LogP contribution is 2.37. The molecule has 3 rings (SSSR count). The van der Waals surface area contributed by atoms with Crippen molar-refractivity contribution in [2.45, 2.75) is 38.9 Å². The van der Waals surface area contributed by atoms with Crippen LogP contribution in [-0.4, -0.2) is 25.4 Å². The highest BCUT2D eigenvalue weighted by atomic mass is 16.7. The van der Waals surface area contributed by atoms with Gasteiger partial charge in [-0.25, -0.2) is 0 Å². The number of rotatable bonds is 2. The summed E-state index contributed by atoms with van der Waals surface area (Å²) in [7, 11) is 1.31. The smallest absolute Gasteiger partial charge is 0.495 e. The summed E-state index contributed by atoms with van der Waals surface area (Å²) in [5, 5.41) is 2.18. The minimum Gasteiger partial charge on any atom is -0.496 e. The molecule has 1 fully saturated rings. The zero-order chi connectivity index (χ0) is 15.3. The summed E-state index contributed by atoms with van der Waals surface area (Å²) < 4.78 is 17.9. The molecule has 1 saturated heterocycles. The SMILES string of the molecule is COc1cccc2cccc(B3OC(C)(C)C(C)(C)O3)c12. The molecule has 110 valence electrons. The summed E-state index contributed by atoms with van der Waals surface area (Å²) in [6, 6.07) is 12.2. The van der Waals surface area contributed by atoms with Gasteiger partial charge in [0, 0.05) is 5.39 Å². The van der Waals surface area contributed by atoms with Gasteiger partial charge in [0.25, 0.3) is 0 Å². The molecule has 4 heteroatoms. The lowest BCUT2D eigenvalue weighted by Crippen LogP contribution is -2.41. The Morgan fingerprint density at radius 1 is 0.905 bits per heavy atom. The van der Waals surface area contributed by atoms with Gasteiger partial charge in [-0.1, -0.05) is 30.3 Å². The molecule has 0 spiro atoms. The van der Waals surface area contributed by atoms with E-state index >= 15 is 0 Å². The Balaban J connectivity index is 2.14. The van der Waals surface area contributed by atoms with Crippen LogP contribution < -0.4 is 10.2 Å². The summed E-state index contributed by atoms with van der Waals surface area (Å²) >= 11 is 0. The first-order valence-electron chi connectivity index (χ1n) is 7.27. The lowest BCUT2D eigenvalue weighted by molar-refractivity contribution is 0.00578. The van der Waals surface area contributed by atoms with Gasteiger partial charge in [-0.15, -0.1) is 0 Å². The van der Waals surface area contributed by atoms with Crippen molar-refractivity contribution in [1.82, 2.24) is 0 Å². The Labute approximate surface area is 126 Å². The maximum absolute atomic E-state index is 6.18. The summed E-state index contributed by atoms with van der Waals surface area (Å²) in [5.74, 6) is 0.845. The monoisotopic (exact) mass is 284 g/mol. The van der Waals surface area contributed by atoms with E-state index < -0.39 is 0 Å². The van der Waals surface area contributed by atoms with Crippen LogP contribution in [-0.2, 0) is 9.31 Å². The van der Waals surface area contributed by atoms with Gasteiger partial charge in [-0.05, 0) is 44.6 Å². The normalized spacial score (nSPS) is 20.0. The van der Waals surface area contributed by atoms with E-state index in [4.69, 9.17) is 14.0 Å². The Kier molecular flexibility index (Phi) is 3.26. The van der Waals surface area contributed by atoms with Crippen molar-refractivity contribution < 1.29 is 14.0 Å². The molecule has 0 atom stereocenters. The average Bonchev–Trinajstić information content (AvgIpc) is 2.66. The quantitative estimate of drug-likeness (QED) is 0.793. The molecule has 0 N–H and O–H groups in total. The van der Waals surface area contributed by atoms with Crippen molar-refractivity contribution >= 4 is 23.4 Å². The predicted octanol–water partition coefficient (Wildman–Crippen LogP) is 3.15. The topological polar surface area (TPSA) is 27.7 Å². The second-order valence-corrected chi connectivity index (χ2v) is 6.49. The van der Waals surface area contributed by atoms with E-state index in [1.54, 1.807) is 7.11 Å². The summed E-state index contributed by atoms with van der Waals surface area (Å²) in [5.41, 5.74) is 0.326. The summed E-state index contributed by atoms with van der Waals surface area (Å²) in [6.07, 6.45) is 0. The van der Waals surface area contributed by atoms with Crippen molar-refractivity contribution in [3.8, 4) is 5.75 Å². The Hall–Kier alpha value is -1.52. The van der Waals surface area contributed by atoms with Crippen molar-refractivity contribution in [3.05, 3.63) is 36.4 Å². The van der Waals surface area contributed by atoms with Crippen LogP contribution in [0.5, 0.6) is 5.75 Å². The number of benzene rings is 2. The van der Waals surface area contributed by atoms with Crippen LogP contribution in [0.4, 0.5) is 0 Å². The minimum absolute atomic E-state index is 0.345. The third-order valence-electron chi connectivity index (χ3n) is 4.63. The van der Waals surface area contributed by atoms with Crippen LogP contribution >= 0.6 is 0 Å². The Morgan fingerprint density at radius 2 is 1.48 bits per heavy atom. The second-order valence-electron chi connectivity index (χ2n) is 6.49. The van der Waals surface area contributed by atoms with Crippen LogP contribution in [0.15, 0.2) is 36.4 Å². The fourth-order valence-electron chi connectivity index (χ4n) is 2.67. The molecule has 0 aromatic heterocycles. The molecule has 0 bridgehead atoms. The van der Waals surface area contributed by atoms with E-state index in [9.17, 15) is 0 Å². The number of methoxy groups -OCH3 is 1. The molecular formula is C17H21BO3. The van der Waals surface area contributed by atoms with Crippen molar-refractivity contribution in [2.75, 3.05) is 7.11 Å². The molecule has 1 aliphatic rings. The van der Waals surface area contributed by atoms with Gasteiger partial charge < -0.3 is 14.0 Å². The van der Waals surface area contributed by atoms with Gasteiger partial charge in [-0.2, -0.15) is 0 Å². The maximum atomic E-state index is 6.18. The minimum atomic E-state index is -0.380. The van der Waals surface area contributed by atoms with Crippen LogP contribution in [0, 0.1) is 0 Å². The molecule has 2 aromatic rings. The molecule has 0 aliphatic carbocycles. The highest BCUT2D eigenvalue weighted by molar-refractivity contribution is 6.65. The molecular weight excluding hydrogens is 263 g/mol. The van der Waals surface area contributed by atoms with Gasteiger partial charge >= 0.3 is 7.12 Å². The van der Waals surface area contributed by atoms with Gasteiger partial charge in [0.15, 0.2) is 0 Å². The maximum Gasteiger partial charge on any atom is 0.495 e. The van der Waals surface area contributed by atoms with E-state index in [0.717, 1.165) is 22.0 Å². The molecule has 0 amide bonds. The molecule has 1 aliphatic heterocycles. The Bertz CT molecular complexity index is 658. The Morgan fingerprint density at radius 3 is 2.05 bits per heavy atom. The summed E-state index contributed by atoms with van der Waals surface area (Å²) in [6.45, 7) is 8.26. The van der Waals surface area contributed by atoms with Crippen LogP contribution in [0.25, 0.3) is 10.8 Å².